The van der Waals surface area contributed by atoms with Gasteiger partial charge in [0.2, 0.25) is 0 Å². The van der Waals surface area contributed by atoms with Crippen LogP contribution in [0.3, 0.4) is 0 Å². The van der Waals surface area contributed by atoms with Gasteiger partial charge in [-0.1, -0.05) is 19.9 Å². The van der Waals surface area contributed by atoms with E-state index < -0.39 is 0 Å². The first kappa shape index (κ1) is 15.8. The Bertz CT molecular complexity index is 500. The van der Waals surface area contributed by atoms with Crippen molar-refractivity contribution in [2.75, 3.05) is 26.2 Å². The van der Waals surface area contributed by atoms with Crippen LogP contribution in [-0.4, -0.2) is 37.0 Å². The Labute approximate surface area is 127 Å². The van der Waals surface area contributed by atoms with Gasteiger partial charge in [0.1, 0.15) is 5.75 Å². The predicted octanol–water partition coefficient (Wildman–Crippen LogP) is 2.30. The van der Waals surface area contributed by atoms with E-state index in [1.54, 1.807) is 0 Å². The number of carbonyl (C=O) groups excluding carboxylic acids is 1. The van der Waals surface area contributed by atoms with Crippen molar-refractivity contribution in [3.8, 4) is 5.75 Å². The fraction of sp³-hybridized carbons (Fsp3) is 0.588. The van der Waals surface area contributed by atoms with Crippen LogP contribution < -0.4 is 10.5 Å². The summed E-state index contributed by atoms with van der Waals surface area (Å²) in [6, 6.07) is 6.04. The molecule has 1 saturated heterocycles. The molecule has 0 saturated carbocycles. The number of likely N-dealkylation sites (tertiary alicyclic amines) is 1. The van der Waals surface area contributed by atoms with Gasteiger partial charge in [-0.05, 0) is 55.0 Å². The maximum Gasteiger partial charge on any atom is 0.260 e. The number of carbonyl (C=O) groups is 1. The van der Waals surface area contributed by atoms with Gasteiger partial charge in [-0.25, -0.2) is 0 Å². The lowest BCUT2D eigenvalue weighted by Gasteiger charge is -2.17. The zero-order chi connectivity index (χ0) is 15.4. The molecule has 0 radical (unpaired) electrons. The second-order valence-electron chi connectivity index (χ2n) is 6.19. The van der Waals surface area contributed by atoms with Gasteiger partial charge < -0.3 is 15.4 Å². The molecule has 0 spiro atoms. The van der Waals surface area contributed by atoms with Crippen molar-refractivity contribution >= 4 is 5.91 Å². The van der Waals surface area contributed by atoms with Crippen molar-refractivity contribution in [1.29, 1.82) is 0 Å². The highest BCUT2D eigenvalue weighted by atomic mass is 16.5. The van der Waals surface area contributed by atoms with Gasteiger partial charge in [-0.3, -0.25) is 4.79 Å². The normalized spacial score (nSPS) is 18.3. The van der Waals surface area contributed by atoms with E-state index in [0.717, 1.165) is 25.3 Å². The topological polar surface area (TPSA) is 55.6 Å². The minimum atomic E-state index is 0.0524. The molecular formula is C17H26N2O2. The summed E-state index contributed by atoms with van der Waals surface area (Å²) in [5, 5.41) is 0. The van der Waals surface area contributed by atoms with Gasteiger partial charge in [0, 0.05) is 13.1 Å². The lowest BCUT2D eigenvalue weighted by atomic mass is 9.98. The number of ether oxygens (including phenoxy) is 1. The molecular weight excluding hydrogens is 264 g/mol. The largest absolute Gasteiger partial charge is 0.484 e. The predicted molar refractivity (Wildman–Crippen MR) is 84.5 cm³/mol. The summed E-state index contributed by atoms with van der Waals surface area (Å²) >= 11 is 0. The number of benzene rings is 1. The third-order valence-electron chi connectivity index (χ3n) is 4.20. The molecule has 2 N–H and O–H groups in total. The fourth-order valence-corrected chi connectivity index (χ4v) is 2.87. The van der Waals surface area contributed by atoms with Crippen molar-refractivity contribution in [2.24, 2.45) is 11.7 Å². The third-order valence-corrected chi connectivity index (χ3v) is 4.20. The van der Waals surface area contributed by atoms with Crippen molar-refractivity contribution < 1.29 is 9.53 Å². The van der Waals surface area contributed by atoms with Crippen molar-refractivity contribution in [2.45, 2.75) is 33.1 Å². The molecule has 116 valence electrons. The summed E-state index contributed by atoms with van der Waals surface area (Å²) in [6.07, 6.45) is 1.00. The van der Waals surface area contributed by atoms with Gasteiger partial charge in [0.15, 0.2) is 6.61 Å². The van der Waals surface area contributed by atoms with Gasteiger partial charge >= 0.3 is 0 Å². The summed E-state index contributed by atoms with van der Waals surface area (Å²) in [4.78, 5) is 14.0. The lowest BCUT2D eigenvalue weighted by Crippen LogP contribution is -2.33. The Balaban J connectivity index is 1.88. The number of aryl methyl sites for hydroxylation is 1. The molecule has 21 heavy (non-hydrogen) atoms. The summed E-state index contributed by atoms with van der Waals surface area (Å²) < 4.78 is 5.64. The van der Waals surface area contributed by atoms with Crippen LogP contribution in [-0.2, 0) is 4.79 Å². The number of amides is 1. The monoisotopic (exact) mass is 290 g/mol. The third kappa shape index (κ3) is 3.97. The Morgan fingerprint density at radius 3 is 2.81 bits per heavy atom. The first-order valence-electron chi connectivity index (χ1n) is 7.72. The number of hydrogen-bond acceptors (Lipinski definition) is 3. The highest BCUT2D eigenvalue weighted by molar-refractivity contribution is 5.78. The molecule has 4 nitrogen and oxygen atoms in total. The Hall–Kier alpha value is -1.55. The maximum absolute atomic E-state index is 12.1. The molecule has 0 aliphatic carbocycles. The molecule has 1 aromatic rings. The maximum atomic E-state index is 12.1. The Morgan fingerprint density at radius 2 is 2.24 bits per heavy atom. The summed E-state index contributed by atoms with van der Waals surface area (Å²) in [6.45, 7) is 8.76. The minimum Gasteiger partial charge on any atom is -0.484 e. The second kappa shape index (κ2) is 6.94. The van der Waals surface area contributed by atoms with Crippen LogP contribution in [0.1, 0.15) is 37.3 Å². The van der Waals surface area contributed by atoms with Crippen LogP contribution in [0.15, 0.2) is 18.2 Å². The van der Waals surface area contributed by atoms with Crippen LogP contribution in [0.25, 0.3) is 0 Å². The molecule has 1 aliphatic heterocycles. The Kier molecular flexibility index (Phi) is 5.23. The summed E-state index contributed by atoms with van der Waals surface area (Å²) in [5.41, 5.74) is 8.17. The Morgan fingerprint density at radius 1 is 1.48 bits per heavy atom. The summed E-state index contributed by atoms with van der Waals surface area (Å²) in [7, 11) is 0. The SMILES string of the molecule is Cc1cc(OCC(=O)N2CCC(CN)C2)ccc1C(C)C. The van der Waals surface area contributed by atoms with E-state index in [2.05, 4.69) is 26.8 Å². The minimum absolute atomic E-state index is 0.0524. The van der Waals surface area contributed by atoms with E-state index in [0.29, 0.717) is 18.4 Å². The van der Waals surface area contributed by atoms with Crippen LogP contribution in [0.5, 0.6) is 5.75 Å². The van der Waals surface area contributed by atoms with Gasteiger partial charge in [0.05, 0.1) is 0 Å². The lowest BCUT2D eigenvalue weighted by molar-refractivity contribution is -0.132. The zero-order valence-electron chi connectivity index (χ0n) is 13.3. The highest BCUT2D eigenvalue weighted by Gasteiger charge is 2.25. The van der Waals surface area contributed by atoms with Gasteiger partial charge in [-0.15, -0.1) is 0 Å². The molecule has 2 rings (SSSR count). The molecule has 1 aliphatic rings. The molecule has 1 heterocycles. The first-order valence-corrected chi connectivity index (χ1v) is 7.72. The molecule has 1 amide bonds. The number of nitrogens with two attached hydrogens (primary N) is 1. The molecule has 1 atom stereocenters. The van der Waals surface area contributed by atoms with Crippen LogP contribution >= 0.6 is 0 Å². The van der Waals surface area contributed by atoms with E-state index >= 15 is 0 Å². The first-order chi connectivity index (χ1) is 10.0. The van der Waals surface area contributed by atoms with Crippen molar-refractivity contribution in [1.82, 2.24) is 4.90 Å². The van der Waals surface area contributed by atoms with Gasteiger partial charge in [-0.2, -0.15) is 0 Å². The van der Waals surface area contributed by atoms with E-state index in [4.69, 9.17) is 10.5 Å². The van der Waals surface area contributed by atoms with E-state index in [-0.39, 0.29) is 12.5 Å². The summed E-state index contributed by atoms with van der Waals surface area (Å²) in [5.74, 6) is 1.76. The number of hydrogen-bond donors (Lipinski definition) is 1. The van der Waals surface area contributed by atoms with Gasteiger partial charge in [0.25, 0.3) is 5.91 Å². The van der Waals surface area contributed by atoms with Crippen LogP contribution in [0.2, 0.25) is 0 Å². The number of nitrogens with zero attached hydrogens (tertiary/aromatic N) is 1. The molecule has 0 bridgehead atoms. The standard InChI is InChI=1S/C17H26N2O2/c1-12(2)16-5-4-15(8-13(16)3)21-11-17(20)19-7-6-14(9-18)10-19/h4-5,8,12,14H,6-7,9-11,18H2,1-3H3. The van der Waals surface area contributed by atoms with Crippen molar-refractivity contribution in [3.05, 3.63) is 29.3 Å². The van der Waals surface area contributed by atoms with Crippen molar-refractivity contribution in [3.63, 3.8) is 0 Å². The molecule has 4 heteroatoms. The van der Waals surface area contributed by atoms with E-state index in [9.17, 15) is 4.79 Å². The molecule has 0 aromatic heterocycles. The quantitative estimate of drug-likeness (QED) is 0.905. The smallest absolute Gasteiger partial charge is 0.260 e. The molecule has 1 aromatic carbocycles. The average molecular weight is 290 g/mol. The molecule has 1 fully saturated rings. The highest BCUT2D eigenvalue weighted by Crippen LogP contribution is 2.23. The second-order valence-corrected chi connectivity index (χ2v) is 6.19. The van der Waals surface area contributed by atoms with E-state index in [1.807, 2.05) is 17.0 Å². The fourth-order valence-electron chi connectivity index (χ4n) is 2.87. The number of rotatable bonds is 5. The average Bonchev–Trinajstić information content (AvgIpc) is 2.93. The van der Waals surface area contributed by atoms with Crippen LogP contribution in [0, 0.1) is 12.8 Å². The zero-order valence-corrected chi connectivity index (χ0v) is 13.3. The molecule has 1 unspecified atom stereocenters. The van der Waals surface area contributed by atoms with E-state index in [1.165, 1.54) is 11.1 Å². The van der Waals surface area contributed by atoms with Crippen LogP contribution in [0.4, 0.5) is 0 Å².